The number of likely N-dealkylation sites (tertiary alicyclic amines) is 1. The van der Waals surface area contributed by atoms with Gasteiger partial charge in [0.1, 0.15) is 5.60 Å². The van der Waals surface area contributed by atoms with Crippen molar-refractivity contribution in [3.05, 3.63) is 10.4 Å². The molecule has 0 radical (unpaired) electrons. The molecule has 1 saturated heterocycles. The van der Waals surface area contributed by atoms with Gasteiger partial charge in [-0.05, 0) is 39.1 Å². The van der Waals surface area contributed by atoms with Crippen LogP contribution in [0.5, 0.6) is 0 Å². The minimum atomic E-state index is -0.995. The van der Waals surface area contributed by atoms with Gasteiger partial charge in [0.05, 0.1) is 12.1 Å². The van der Waals surface area contributed by atoms with Crippen molar-refractivity contribution in [1.29, 1.82) is 0 Å². The molecular weight excluding hydrogens is 236 g/mol. The summed E-state index contributed by atoms with van der Waals surface area (Å²) in [4.78, 5) is 16.0. The fourth-order valence-corrected chi connectivity index (χ4v) is 1.75. The van der Waals surface area contributed by atoms with E-state index in [1.54, 1.807) is 4.90 Å². The first-order chi connectivity index (χ1) is 8.26. The number of nitrogens with zero attached hydrogens (tertiary/aromatic N) is 4. The van der Waals surface area contributed by atoms with Gasteiger partial charge < -0.3 is 14.7 Å². The van der Waals surface area contributed by atoms with Gasteiger partial charge in [-0.2, -0.15) is 0 Å². The molecule has 0 aromatic carbocycles. The smallest absolute Gasteiger partial charge is 0.410 e. The molecule has 0 unspecified atom stereocenters. The SMILES string of the molecule is CC(C)(C)OC(=O)N1CCC(O)(CN=[N+]=[N-])CC1. The van der Waals surface area contributed by atoms with Crippen LogP contribution in [0, 0.1) is 0 Å². The van der Waals surface area contributed by atoms with E-state index in [9.17, 15) is 9.90 Å². The molecule has 0 atom stereocenters. The lowest BCUT2D eigenvalue weighted by Crippen LogP contribution is -2.49. The second-order valence-corrected chi connectivity index (χ2v) is 5.58. The summed E-state index contributed by atoms with van der Waals surface area (Å²) in [6.45, 7) is 6.30. The van der Waals surface area contributed by atoms with Gasteiger partial charge in [-0.3, -0.25) is 0 Å². The molecule has 0 saturated carbocycles. The van der Waals surface area contributed by atoms with Gasteiger partial charge in [0, 0.05) is 18.0 Å². The maximum absolute atomic E-state index is 11.8. The van der Waals surface area contributed by atoms with Crippen LogP contribution in [-0.4, -0.2) is 46.9 Å². The van der Waals surface area contributed by atoms with E-state index < -0.39 is 11.2 Å². The molecule has 0 aromatic heterocycles. The first-order valence-electron chi connectivity index (χ1n) is 5.97. The monoisotopic (exact) mass is 256 g/mol. The number of carbonyl (C=O) groups is 1. The van der Waals surface area contributed by atoms with Gasteiger partial charge in [-0.15, -0.1) is 0 Å². The Kier molecular flexibility index (Phi) is 4.43. The van der Waals surface area contributed by atoms with E-state index in [2.05, 4.69) is 10.0 Å². The minimum Gasteiger partial charge on any atom is -0.444 e. The summed E-state index contributed by atoms with van der Waals surface area (Å²) in [5, 5.41) is 13.5. The number of hydrogen-bond donors (Lipinski definition) is 1. The fourth-order valence-electron chi connectivity index (χ4n) is 1.75. The topological polar surface area (TPSA) is 98.5 Å². The van der Waals surface area contributed by atoms with E-state index in [-0.39, 0.29) is 12.6 Å². The van der Waals surface area contributed by atoms with Gasteiger partial charge in [-0.25, -0.2) is 4.79 Å². The minimum absolute atomic E-state index is 0.0473. The summed E-state index contributed by atoms with van der Waals surface area (Å²) in [6.07, 6.45) is 0.421. The molecule has 102 valence electrons. The molecule has 1 rings (SSSR count). The van der Waals surface area contributed by atoms with Crippen molar-refractivity contribution in [2.45, 2.75) is 44.8 Å². The van der Waals surface area contributed by atoms with E-state index >= 15 is 0 Å². The van der Waals surface area contributed by atoms with Crippen molar-refractivity contribution >= 4 is 6.09 Å². The van der Waals surface area contributed by atoms with Gasteiger partial charge in [0.15, 0.2) is 0 Å². The molecule has 1 heterocycles. The van der Waals surface area contributed by atoms with Crippen molar-refractivity contribution in [3.63, 3.8) is 0 Å². The predicted molar refractivity (Wildman–Crippen MR) is 66.0 cm³/mol. The standard InChI is InChI=1S/C11H20N4O3/c1-10(2,3)18-9(16)15-6-4-11(17,5-7-15)8-13-14-12/h17H,4-8H2,1-3H3. The number of amides is 1. The van der Waals surface area contributed by atoms with E-state index in [1.807, 2.05) is 20.8 Å². The average Bonchev–Trinajstić information content (AvgIpc) is 2.25. The molecule has 18 heavy (non-hydrogen) atoms. The molecule has 1 N–H and O–H groups in total. The lowest BCUT2D eigenvalue weighted by atomic mass is 9.92. The number of carbonyl (C=O) groups excluding carboxylic acids is 1. The van der Waals surface area contributed by atoms with E-state index in [0.717, 1.165) is 0 Å². The third-order valence-corrected chi connectivity index (χ3v) is 2.77. The van der Waals surface area contributed by atoms with Gasteiger partial charge in [0.25, 0.3) is 0 Å². The highest BCUT2D eigenvalue weighted by molar-refractivity contribution is 5.68. The third kappa shape index (κ3) is 4.43. The highest BCUT2D eigenvalue weighted by Crippen LogP contribution is 2.24. The molecule has 1 amide bonds. The largest absolute Gasteiger partial charge is 0.444 e. The van der Waals surface area contributed by atoms with Crippen molar-refractivity contribution in [2.75, 3.05) is 19.6 Å². The molecule has 0 bridgehead atoms. The lowest BCUT2D eigenvalue weighted by molar-refractivity contribution is -0.0265. The number of piperidine rings is 1. The van der Waals surface area contributed by atoms with Crippen LogP contribution >= 0.6 is 0 Å². The van der Waals surface area contributed by atoms with Crippen LogP contribution in [0.4, 0.5) is 4.79 Å². The zero-order chi connectivity index (χ0) is 13.8. The second-order valence-electron chi connectivity index (χ2n) is 5.58. The number of azide groups is 1. The van der Waals surface area contributed by atoms with Crippen LogP contribution in [0.3, 0.4) is 0 Å². The molecule has 7 heteroatoms. The maximum atomic E-state index is 11.8. The highest BCUT2D eigenvalue weighted by Gasteiger charge is 2.34. The molecule has 0 spiro atoms. The van der Waals surface area contributed by atoms with Crippen molar-refractivity contribution in [3.8, 4) is 0 Å². The summed E-state index contributed by atoms with van der Waals surface area (Å²) >= 11 is 0. The Morgan fingerprint density at radius 2 is 2.06 bits per heavy atom. The molecule has 0 aromatic rings. The molecular formula is C11H20N4O3. The first-order valence-corrected chi connectivity index (χ1v) is 5.97. The lowest BCUT2D eigenvalue weighted by Gasteiger charge is -2.37. The Morgan fingerprint density at radius 1 is 1.50 bits per heavy atom. The Morgan fingerprint density at radius 3 is 2.50 bits per heavy atom. The van der Waals surface area contributed by atoms with Crippen LogP contribution in [0.1, 0.15) is 33.6 Å². The van der Waals surface area contributed by atoms with Crippen molar-refractivity contribution in [2.24, 2.45) is 5.11 Å². The molecule has 1 fully saturated rings. The Labute approximate surface area is 106 Å². The van der Waals surface area contributed by atoms with E-state index in [1.165, 1.54) is 0 Å². The molecule has 1 aliphatic heterocycles. The normalized spacial score (nSPS) is 19.0. The Bertz CT molecular complexity index is 350. The fraction of sp³-hybridized carbons (Fsp3) is 0.909. The summed E-state index contributed by atoms with van der Waals surface area (Å²) < 4.78 is 5.25. The second kappa shape index (κ2) is 5.46. The summed E-state index contributed by atoms with van der Waals surface area (Å²) in [5.74, 6) is 0. The van der Waals surface area contributed by atoms with Gasteiger partial charge in [0.2, 0.25) is 0 Å². The Balaban J connectivity index is 2.48. The van der Waals surface area contributed by atoms with Gasteiger partial charge >= 0.3 is 6.09 Å². The first kappa shape index (κ1) is 14.6. The van der Waals surface area contributed by atoms with Crippen molar-refractivity contribution < 1.29 is 14.6 Å². The molecule has 7 nitrogen and oxygen atoms in total. The van der Waals surface area contributed by atoms with Crippen LogP contribution in [0.15, 0.2) is 5.11 Å². The maximum Gasteiger partial charge on any atom is 0.410 e. The van der Waals surface area contributed by atoms with Crippen LogP contribution in [0.25, 0.3) is 10.4 Å². The zero-order valence-electron chi connectivity index (χ0n) is 11.1. The van der Waals surface area contributed by atoms with E-state index in [0.29, 0.717) is 25.9 Å². The molecule has 0 aliphatic carbocycles. The average molecular weight is 256 g/mol. The van der Waals surface area contributed by atoms with E-state index in [4.69, 9.17) is 10.3 Å². The number of ether oxygens (including phenoxy) is 1. The zero-order valence-corrected chi connectivity index (χ0v) is 11.1. The van der Waals surface area contributed by atoms with Crippen molar-refractivity contribution in [1.82, 2.24) is 4.90 Å². The molecule has 1 aliphatic rings. The number of hydrogen-bond acceptors (Lipinski definition) is 4. The highest BCUT2D eigenvalue weighted by atomic mass is 16.6. The summed E-state index contributed by atoms with van der Waals surface area (Å²) in [6, 6.07) is 0. The van der Waals surface area contributed by atoms with Crippen LogP contribution in [-0.2, 0) is 4.74 Å². The van der Waals surface area contributed by atoms with Crippen LogP contribution < -0.4 is 0 Å². The summed E-state index contributed by atoms with van der Waals surface area (Å²) in [5.41, 5.74) is 6.73. The number of rotatable bonds is 2. The predicted octanol–water partition coefficient (Wildman–Crippen LogP) is 2.06. The summed E-state index contributed by atoms with van der Waals surface area (Å²) in [7, 11) is 0. The van der Waals surface area contributed by atoms with Gasteiger partial charge in [-0.1, -0.05) is 5.11 Å². The number of aliphatic hydroxyl groups is 1. The Hall–Kier alpha value is -1.46. The third-order valence-electron chi connectivity index (χ3n) is 2.77. The van der Waals surface area contributed by atoms with Crippen LogP contribution in [0.2, 0.25) is 0 Å². The quantitative estimate of drug-likeness (QED) is 0.465.